The van der Waals surface area contributed by atoms with Crippen molar-refractivity contribution in [2.24, 2.45) is 0 Å². The van der Waals surface area contributed by atoms with E-state index in [1.54, 1.807) is 0 Å². The van der Waals surface area contributed by atoms with Crippen LogP contribution in [0.5, 0.6) is 0 Å². The summed E-state index contributed by atoms with van der Waals surface area (Å²) in [5.74, 6) is 0.224. The molecule has 0 atom stereocenters. The van der Waals surface area contributed by atoms with Crippen LogP contribution in [0.3, 0.4) is 0 Å². The lowest BCUT2D eigenvalue weighted by atomic mass is 10.0. The minimum atomic E-state index is 0.224. The molecule has 1 saturated heterocycles. The summed E-state index contributed by atoms with van der Waals surface area (Å²) in [6.07, 6.45) is 2.54. The van der Waals surface area contributed by atoms with Crippen LogP contribution in [0.2, 0.25) is 5.02 Å². The molecule has 3 rings (SSSR count). The third-order valence-electron chi connectivity index (χ3n) is 5.42. The van der Waals surface area contributed by atoms with Gasteiger partial charge in [0, 0.05) is 50.7 Å². The first-order valence-electron chi connectivity index (χ1n) is 10.1. The van der Waals surface area contributed by atoms with Gasteiger partial charge in [-0.2, -0.15) is 0 Å². The highest BCUT2D eigenvalue weighted by atomic mass is 35.5. The number of nitrogens with zero attached hydrogens (tertiary/aromatic N) is 2. The van der Waals surface area contributed by atoms with Gasteiger partial charge in [0.05, 0.1) is 4.91 Å². The second-order valence-electron chi connectivity index (χ2n) is 7.45. The van der Waals surface area contributed by atoms with Gasteiger partial charge in [0.25, 0.3) is 0 Å². The van der Waals surface area contributed by atoms with E-state index in [0.29, 0.717) is 11.4 Å². The number of ketones is 1. The van der Waals surface area contributed by atoms with E-state index < -0.39 is 0 Å². The number of thioether (sulfide) groups is 1. The van der Waals surface area contributed by atoms with Crippen LogP contribution in [0.15, 0.2) is 59.5 Å². The molecule has 29 heavy (non-hydrogen) atoms. The van der Waals surface area contributed by atoms with Gasteiger partial charge >= 0.3 is 0 Å². The summed E-state index contributed by atoms with van der Waals surface area (Å²) in [5.41, 5.74) is 3.39. The van der Waals surface area contributed by atoms with Crippen molar-refractivity contribution in [1.82, 2.24) is 9.80 Å². The molecule has 0 N–H and O–H groups in total. The van der Waals surface area contributed by atoms with Crippen molar-refractivity contribution in [1.29, 1.82) is 0 Å². The second kappa shape index (κ2) is 11.0. The van der Waals surface area contributed by atoms with Gasteiger partial charge in [-0.25, -0.2) is 0 Å². The smallest absolute Gasteiger partial charge is 0.170 e. The van der Waals surface area contributed by atoms with Crippen molar-refractivity contribution >= 4 is 34.7 Å². The summed E-state index contributed by atoms with van der Waals surface area (Å²) in [5, 5.41) is 0.697. The monoisotopic (exact) mass is 428 g/mol. The third kappa shape index (κ3) is 6.45. The lowest BCUT2D eigenvalue weighted by molar-refractivity contribution is -0.115. The van der Waals surface area contributed by atoms with Gasteiger partial charge in [0.2, 0.25) is 0 Å². The Morgan fingerprint density at radius 1 is 1.00 bits per heavy atom. The molecule has 0 saturated carbocycles. The number of Topliss-reactive ketones (excluding diaryl/α,β-unsaturated/α-hetero) is 1. The Morgan fingerprint density at radius 2 is 1.69 bits per heavy atom. The number of carbonyl (C=O) groups excluding carboxylic acids is 1. The number of benzene rings is 2. The number of hydrogen-bond acceptors (Lipinski definition) is 4. The molecule has 2 aromatic carbocycles. The van der Waals surface area contributed by atoms with Gasteiger partial charge in [-0.15, -0.1) is 11.8 Å². The summed E-state index contributed by atoms with van der Waals surface area (Å²) in [7, 11) is 0. The summed E-state index contributed by atoms with van der Waals surface area (Å²) < 4.78 is 0. The van der Waals surface area contributed by atoms with Gasteiger partial charge in [0.15, 0.2) is 5.78 Å². The standard InChI is InChI=1S/C24H29ClN2OS/c1-19(21-9-6-10-22(25)17-21)24(29-2)23(28)11-12-26-13-15-27(16-14-26)18-20-7-4-3-5-8-20/h3-10,17H,11-16,18H2,1-2H3/b24-19+. The SMILES string of the molecule is CS/C(C(=O)CCN1CCN(Cc2ccccc2)CC1)=C(\C)c1cccc(Cl)c1. The highest BCUT2D eigenvalue weighted by Crippen LogP contribution is 2.28. The molecule has 1 heterocycles. The van der Waals surface area contributed by atoms with E-state index in [2.05, 4.69) is 40.1 Å². The average Bonchev–Trinajstić information content (AvgIpc) is 2.74. The molecule has 0 amide bonds. The predicted molar refractivity (Wildman–Crippen MR) is 125 cm³/mol. The van der Waals surface area contributed by atoms with Crippen molar-refractivity contribution in [3.8, 4) is 0 Å². The number of allylic oxidation sites excluding steroid dienone is 2. The maximum atomic E-state index is 12.9. The maximum Gasteiger partial charge on any atom is 0.170 e. The molecule has 0 aromatic heterocycles. The van der Waals surface area contributed by atoms with Crippen molar-refractivity contribution in [2.45, 2.75) is 19.9 Å². The van der Waals surface area contributed by atoms with Crippen LogP contribution in [-0.2, 0) is 11.3 Å². The summed E-state index contributed by atoms with van der Waals surface area (Å²) in [6.45, 7) is 7.98. The molecule has 1 aliphatic heterocycles. The van der Waals surface area contributed by atoms with Gasteiger partial charge in [-0.1, -0.05) is 54.1 Å². The Morgan fingerprint density at radius 3 is 2.34 bits per heavy atom. The zero-order valence-electron chi connectivity index (χ0n) is 17.2. The van der Waals surface area contributed by atoms with E-state index in [4.69, 9.17) is 11.6 Å². The Bertz CT molecular complexity index is 845. The minimum absolute atomic E-state index is 0.224. The summed E-state index contributed by atoms with van der Waals surface area (Å²) in [6, 6.07) is 18.3. The Kier molecular flexibility index (Phi) is 8.37. The Balaban J connectivity index is 1.50. The first-order chi connectivity index (χ1) is 14.1. The number of rotatable bonds is 8. The van der Waals surface area contributed by atoms with Gasteiger partial charge in [0.1, 0.15) is 0 Å². The fourth-order valence-corrected chi connectivity index (χ4v) is 4.66. The molecule has 0 aliphatic carbocycles. The van der Waals surface area contributed by atoms with E-state index in [9.17, 15) is 4.79 Å². The molecule has 5 heteroatoms. The molecule has 3 nitrogen and oxygen atoms in total. The van der Waals surface area contributed by atoms with Gasteiger partial charge in [-0.05, 0) is 42.0 Å². The fraction of sp³-hybridized carbons (Fsp3) is 0.375. The van der Waals surface area contributed by atoms with Crippen LogP contribution in [0.1, 0.15) is 24.5 Å². The molecular formula is C24H29ClN2OS. The first-order valence-corrected chi connectivity index (χ1v) is 11.7. The number of carbonyl (C=O) groups is 1. The minimum Gasteiger partial charge on any atom is -0.300 e. The summed E-state index contributed by atoms with van der Waals surface area (Å²) >= 11 is 7.65. The normalized spacial score (nSPS) is 16.5. The molecule has 0 unspecified atom stereocenters. The van der Waals surface area contributed by atoms with Crippen LogP contribution in [-0.4, -0.2) is 54.6 Å². The van der Waals surface area contributed by atoms with Crippen LogP contribution >= 0.6 is 23.4 Å². The molecule has 0 radical (unpaired) electrons. The largest absolute Gasteiger partial charge is 0.300 e. The van der Waals surface area contributed by atoms with Crippen LogP contribution in [0.25, 0.3) is 5.57 Å². The molecule has 0 bridgehead atoms. The number of halogens is 1. The van der Waals surface area contributed by atoms with E-state index in [1.807, 2.05) is 37.4 Å². The molecular weight excluding hydrogens is 400 g/mol. The number of piperazine rings is 1. The van der Waals surface area contributed by atoms with Crippen LogP contribution < -0.4 is 0 Å². The van der Waals surface area contributed by atoms with Crippen molar-refractivity contribution in [3.63, 3.8) is 0 Å². The zero-order chi connectivity index (χ0) is 20.6. The Hall–Kier alpha value is -1.59. The zero-order valence-corrected chi connectivity index (χ0v) is 18.8. The Labute approximate surface area is 183 Å². The quantitative estimate of drug-likeness (QED) is 0.538. The van der Waals surface area contributed by atoms with E-state index in [-0.39, 0.29) is 5.78 Å². The highest BCUT2D eigenvalue weighted by Gasteiger charge is 2.19. The molecule has 2 aromatic rings. The van der Waals surface area contributed by atoms with Crippen molar-refractivity contribution in [2.75, 3.05) is 39.0 Å². The molecule has 1 aliphatic rings. The van der Waals surface area contributed by atoms with Gasteiger partial charge < -0.3 is 4.90 Å². The highest BCUT2D eigenvalue weighted by molar-refractivity contribution is 8.03. The lowest BCUT2D eigenvalue weighted by Crippen LogP contribution is -2.46. The third-order valence-corrected chi connectivity index (χ3v) is 6.60. The first kappa shape index (κ1) is 22.1. The second-order valence-corrected chi connectivity index (χ2v) is 8.70. The van der Waals surface area contributed by atoms with Crippen molar-refractivity contribution < 1.29 is 4.79 Å². The molecule has 154 valence electrons. The topological polar surface area (TPSA) is 23.6 Å². The van der Waals surface area contributed by atoms with Crippen molar-refractivity contribution in [3.05, 3.63) is 75.7 Å². The summed E-state index contributed by atoms with van der Waals surface area (Å²) in [4.78, 5) is 18.6. The van der Waals surface area contributed by atoms with E-state index in [0.717, 1.165) is 55.3 Å². The van der Waals surface area contributed by atoms with Crippen LogP contribution in [0.4, 0.5) is 0 Å². The fourth-order valence-electron chi connectivity index (χ4n) is 3.71. The van der Waals surface area contributed by atoms with Gasteiger partial charge in [-0.3, -0.25) is 9.69 Å². The van der Waals surface area contributed by atoms with E-state index in [1.165, 1.54) is 17.3 Å². The maximum absolute atomic E-state index is 12.9. The molecule has 0 spiro atoms. The lowest BCUT2D eigenvalue weighted by Gasteiger charge is -2.34. The van der Waals surface area contributed by atoms with E-state index >= 15 is 0 Å². The molecule has 1 fully saturated rings. The predicted octanol–water partition coefficient (Wildman–Crippen LogP) is 5.21. The average molecular weight is 429 g/mol. The number of hydrogen-bond donors (Lipinski definition) is 0. The van der Waals surface area contributed by atoms with Crippen LogP contribution in [0, 0.1) is 0 Å².